The molecule has 2 heterocycles. The number of ether oxygens (including phenoxy) is 1. The number of nitrogens with one attached hydrogen (secondary N) is 1. The minimum Gasteiger partial charge on any atom is -0.497 e. The van der Waals surface area contributed by atoms with Crippen molar-refractivity contribution in [2.24, 2.45) is 0 Å². The fraction of sp³-hybridized carbons (Fsp3) is 0.200. The lowest BCUT2D eigenvalue weighted by atomic mass is 10.1. The SMILES string of the molecule is COc1ccc(N2CC(c3nnc(NC(=O)c4c(Cl)cccc4Cl)s3)CC2=O)cc1. The molecule has 7 nitrogen and oxygen atoms in total. The molecular weight excluding hydrogens is 447 g/mol. The van der Waals surface area contributed by atoms with Crippen LogP contribution in [0.1, 0.15) is 27.7 Å². The summed E-state index contributed by atoms with van der Waals surface area (Å²) in [7, 11) is 1.59. The van der Waals surface area contributed by atoms with Gasteiger partial charge in [-0.15, -0.1) is 10.2 Å². The molecule has 4 rings (SSSR count). The van der Waals surface area contributed by atoms with Crippen LogP contribution in [0, 0.1) is 0 Å². The van der Waals surface area contributed by atoms with Crippen LogP contribution >= 0.6 is 34.5 Å². The average Bonchev–Trinajstić information content (AvgIpc) is 3.34. The normalized spacial score (nSPS) is 16.0. The Bertz CT molecular complexity index is 1080. The van der Waals surface area contributed by atoms with E-state index in [1.54, 1.807) is 30.2 Å². The lowest BCUT2D eigenvalue weighted by molar-refractivity contribution is -0.117. The molecule has 0 bridgehead atoms. The van der Waals surface area contributed by atoms with Crippen molar-refractivity contribution < 1.29 is 14.3 Å². The summed E-state index contributed by atoms with van der Waals surface area (Å²) in [5, 5.41) is 12.4. The lowest BCUT2D eigenvalue weighted by Gasteiger charge is -2.16. The second-order valence-electron chi connectivity index (χ2n) is 6.60. The standard InChI is InChI=1S/C20H16Cl2N4O3S/c1-29-13-7-5-12(6-8-13)26-10-11(9-16(26)27)19-24-25-20(30-19)23-18(28)17-14(21)3-2-4-15(17)22/h2-8,11H,9-10H2,1H3,(H,23,25,28). The molecule has 1 aromatic heterocycles. The van der Waals surface area contributed by atoms with Crippen LogP contribution in [-0.4, -0.2) is 35.7 Å². The summed E-state index contributed by atoms with van der Waals surface area (Å²) in [5.74, 6) is 0.168. The molecule has 1 saturated heterocycles. The first kappa shape index (κ1) is 20.6. The number of anilines is 2. The zero-order chi connectivity index (χ0) is 21.3. The van der Waals surface area contributed by atoms with Gasteiger partial charge in [0.25, 0.3) is 5.91 Å². The third-order valence-electron chi connectivity index (χ3n) is 4.71. The average molecular weight is 463 g/mol. The van der Waals surface area contributed by atoms with E-state index in [-0.39, 0.29) is 27.4 Å². The summed E-state index contributed by atoms with van der Waals surface area (Å²) in [6.07, 6.45) is 0.324. The minimum absolute atomic E-state index is 0.00815. The molecule has 2 amide bonds. The molecule has 30 heavy (non-hydrogen) atoms. The van der Waals surface area contributed by atoms with Crippen LogP contribution in [0.25, 0.3) is 0 Å². The van der Waals surface area contributed by atoms with Crippen LogP contribution in [0.2, 0.25) is 10.0 Å². The molecule has 1 aliphatic rings. The summed E-state index contributed by atoms with van der Waals surface area (Å²) >= 11 is 13.4. The molecule has 0 aliphatic carbocycles. The highest BCUT2D eigenvalue weighted by atomic mass is 35.5. The second-order valence-corrected chi connectivity index (χ2v) is 8.42. The van der Waals surface area contributed by atoms with Gasteiger partial charge in [0.15, 0.2) is 0 Å². The van der Waals surface area contributed by atoms with Crippen LogP contribution in [0.5, 0.6) is 5.75 Å². The van der Waals surface area contributed by atoms with Gasteiger partial charge in [-0.05, 0) is 36.4 Å². The van der Waals surface area contributed by atoms with Crippen molar-refractivity contribution in [3.05, 3.63) is 63.1 Å². The Morgan fingerprint density at radius 2 is 1.87 bits per heavy atom. The van der Waals surface area contributed by atoms with Gasteiger partial charge in [-0.3, -0.25) is 14.9 Å². The van der Waals surface area contributed by atoms with Crippen LogP contribution in [0.4, 0.5) is 10.8 Å². The highest BCUT2D eigenvalue weighted by molar-refractivity contribution is 7.15. The third-order valence-corrected chi connectivity index (χ3v) is 6.34. The zero-order valence-electron chi connectivity index (χ0n) is 15.8. The number of halogens is 2. The van der Waals surface area contributed by atoms with E-state index in [0.717, 1.165) is 11.4 Å². The van der Waals surface area contributed by atoms with Gasteiger partial charge < -0.3 is 9.64 Å². The number of hydrogen-bond donors (Lipinski definition) is 1. The first-order valence-electron chi connectivity index (χ1n) is 8.99. The zero-order valence-corrected chi connectivity index (χ0v) is 18.1. The van der Waals surface area contributed by atoms with Gasteiger partial charge >= 0.3 is 0 Å². The van der Waals surface area contributed by atoms with E-state index in [9.17, 15) is 9.59 Å². The van der Waals surface area contributed by atoms with Crippen molar-refractivity contribution in [1.82, 2.24) is 10.2 Å². The van der Waals surface area contributed by atoms with Gasteiger partial charge in [-0.25, -0.2) is 0 Å². The third kappa shape index (κ3) is 4.12. The van der Waals surface area contributed by atoms with Gasteiger partial charge in [0.2, 0.25) is 11.0 Å². The van der Waals surface area contributed by atoms with Crippen LogP contribution < -0.4 is 15.0 Å². The molecule has 154 valence electrons. The minimum atomic E-state index is -0.462. The van der Waals surface area contributed by atoms with Crippen molar-refractivity contribution >= 4 is 57.2 Å². The van der Waals surface area contributed by atoms with Crippen molar-refractivity contribution in [3.63, 3.8) is 0 Å². The monoisotopic (exact) mass is 462 g/mol. The molecule has 2 aromatic carbocycles. The maximum Gasteiger partial charge on any atom is 0.260 e. The molecule has 1 N–H and O–H groups in total. The molecule has 10 heteroatoms. The second kappa shape index (κ2) is 8.59. The highest BCUT2D eigenvalue weighted by Crippen LogP contribution is 2.35. The number of benzene rings is 2. The molecule has 0 spiro atoms. The quantitative estimate of drug-likeness (QED) is 0.597. The Morgan fingerprint density at radius 3 is 2.53 bits per heavy atom. The molecular formula is C20H16Cl2N4O3S. The van der Waals surface area contributed by atoms with Gasteiger partial charge in [-0.2, -0.15) is 0 Å². The van der Waals surface area contributed by atoms with Gasteiger partial charge in [0.05, 0.1) is 22.7 Å². The predicted octanol–water partition coefficient (Wildman–Crippen LogP) is 4.63. The number of carbonyl (C=O) groups is 2. The van der Waals surface area contributed by atoms with Gasteiger partial charge in [0.1, 0.15) is 10.8 Å². The van der Waals surface area contributed by atoms with E-state index in [4.69, 9.17) is 27.9 Å². The molecule has 0 saturated carbocycles. The molecule has 0 radical (unpaired) electrons. The summed E-state index contributed by atoms with van der Waals surface area (Å²) in [6.45, 7) is 0.490. The van der Waals surface area contributed by atoms with E-state index in [2.05, 4.69) is 15.5 Å². The first-order valence-corrected chi connectivity index (χ1v) is 10.6. The van der Waals surface area contributed by atoms with E-state index in [0.29, 0.717) is 23.1 Å². The summed E-state index contributed by atoms with van der Waals surface area (Å²) in [5.41, 5.74) is 0.981. The largest absolute Gasteiger partial charge is 0.497 e. The number of methoxy groups -OCH3 is 1. The molecule has 1 atom stereocenters. The number of aromatic nitrogens is 2. The van der Waals surface area contributed by atoms with E-state index >= 15 is 0 Å². The topological polar surface area (TPSA) is 84.4 Å². The summed E-state index contributed by atoms with van der Waals surface area (Å²) in [4.78, 5) is 26.7. The predicted molar refractivity (Wildman–Crippen MR) is 117 cm³/mol. The van der Waals surface area contributed by atoms with Gasteiger partial charge in [0, 0.05) is 24.6 Å². The van der Waals surface area contributed by atoms with Crippen molar-refractivity contribution in [1.29, 1.82) is 0 Å². The summed E-state index contributed by atoms with van der Waals surface area (Å²) < 4.78 is 5.16. The lowest BCUT2D eigenvalue weighted by Crippen LogP contribution is -2.24. The maximum absolute atomic E-state index is 12.5. The van der Waals surface area contributed by atoms with Crippen molar-refractivity contribution in [3.8, 4) is 5.75 Å². The van der Waals surface area contributed by atoms with Crippen molar-refractivity contribution in [2.75, 3.05) is 23.9 Å². The smallest absolute Gasteiger partial charge is 0.260 e. The Kier molecular flexibility index (Phi) is 5.90. The van der Waals surface area contributed by atoms with Crippen LogP contribution in [-0.2, 0) is 4.79 Å². The maximum atomic E-state index is 12.5. The highest BCUT2D eigenvalue weighted by Gasteiger charge is 2.34. The number of hydrogen-bond acceptors (Lipinski definition) is 6. The number of carbonyl (C=O) groups excluding carboxylic acids is 2. The van der Waals surface area contributed by atoms with E-state index in [1.165, 1.54) is 11.3 Å². The van der Waals surface area contributed by atoms with Crippen LogP contribution in [0.3, 0.4) is 0 Å². The van der Waals surface area contributed by atoms with Crippen molar-refractivity contribution in [2.45, 2.75) is 12.3 Å². The molecule has 1 aliphatic heterocycles. The Hall–Kier alpha value is -2.68. The summed E-state index contributed by atoms with van der Waals surface area (Å²) in [6, 6.07) is 12.2. The Balaban J connectivity index is 1.46. The Morgan fingerprint density at radius 1 is 1.17 bits per heavy atom. The first-order chi connectivity index (χ1) is 14.5. The fourth-order valence-corrected chi connectivity index (χ4v) is 4.61. The molecule has 1 fully saturated rings. The fourth-order valence-electron chi connectivity index (χ4n) is 3.21. The number of nitrogens with zero attached hydrogens (tertiary/aromatic N) is 3. The van der Waals surface area contributed by atoms with Crippen LogP contribution in [0.15, 0.2) is 42.5 Å². The van der Waals surface area contributed by atoms with Gasteiger partial charge in [-0.1, -0.05) is 40.6 Å². The number of amides is 2. The van der Waals surface area contributed by atoms with E-state index in [1.807, 2.05) is 24.3 Å². The number of rotatable bonds is 5. The Labute approximate surface area is 186 Å². The molecule has 3 aromatic rings. The van der Waals surface area contributed by atoms with E-state index < -0.39 is 5.91 Å². The molecule has 1 unspecified atom stereocenters.